The molecule has 1 aliphatic rings. The summed E-state index contributed by atoms with van der Waals surface area (Å²) in [7, 11) is 0. The molecule has 1 aromatic carbocycles. The molecule has 122 valence electrons. The summed E-state index contributed by atoms with van der Waals surface area (Å²) in [6, 6.07) is 11.5. The normalized spacial score (nSPS) is 17.0. The van der Waals surface area contributed by atoms with Gasteiger partial charge in [0.2, 0.25) is 5.82 Å². The van der Waals surface area contributed by atoms with E-state index < -0.39 is 4.92 Å². The number of H-pyrrole nitrogens is 1. The van der Waals surface area contributed by atoms with Crippen molar-refractivity contribution in [3.63, 3.8) is 0 Å². The van der Waals surface area contributed by atoms with Crippen molar-refractivity contribution in [2.45, 2.75) is 19.4 Å². The van der Waals surface area contributed by atoms with Crippen molar-refractivity contribution in [3.8, 4) is 0 Å². The van der Waals surface area contributed by atoms with E-state index in [1.807, 2.05) is 12.1 Å². The minimum absolute atomic E-state index is 0.0489. The molecule has 2 aromatic heterocycles. The maximum absolute atomic E-state index is 10.9. The average molecular weight is 323 g/mol. The highest BCUT2D eigenvalue weighted by atomic mass is 16.6. The third kappa shape index (κ3) is 2.09. The number of para-hydroxylation sites is 1. The Kier molecular flexibility index (Phi) is 3.16. The highest BCUT2D eigenvalue weighted by Crippen LogP contribution is 2.37. The SMILES string of the molecule is CC1c2[nH]c3ccccc3c2CCN1c1ccc([N+](=O)[O-])c(N)n1. The Balaban J connectivity index is 1.74. The van der Waals surface area contributed by atoms with Crippen molar-refractivity contribution in [2.75, 3.05) is 17.2 Å². The molecule has 3 aromatic rings. The van der Waals surface area contributed by atoms with Crippen LogP contribution in [0, 0.1) is 10.1 Å². The van der Waals surface area contributed by atoms with Crippen molar-refractivity contribution < 1.29 is 4.92 Å². The van der Waals surface area contributed by atoms with E-state index >= 15 is 0 Å². The molecular formula is C17H17N5O2. The monoisotopic (exact) mass is 323 g/mol. The largest absolute Gasteiger partial charge is 0.378 e. The summed E-state index contributed by atoms with van der Waals surface area (Å²) in [5.74, 6) is 0.613. The maximum Gasteiger partial charge on any atom is 0.311 e. The number of nitrogens with zero attached hydrogens (tertiary/aromatic N) is 3. The molecule has 1 atom stereocenters. The van der Waals surface area contributed by atoms with Gasteiger partial charge in [-0.15, -0.1) is 0 Å². The first-order chi connectivity index (χ1) is 11.6. The van der Waals surface area contributed by atoms with Gasteiger partial charge < -0.3 is 15.6 Å². The number of hydrogen-bond acceptors (Lipinski definition) is 5. The first-order valence-electron chi connectivity index (χ1n) is 7.83. The van der Waals surface area contributed by atoms with Crippen molar-refractivity contribution in [1.82, 2.24) is 9.97 Å². The van der Waals surface area contributed by atoms with Gasteiger partial charge in [0, 0.05) is 29.2 Å². The molecule has 7 heteroatoms. The Morgan fingerprint density at radius 2 is 2.12 bits per heavy atom. The van der Waals surface area contributed by atoms with Crippen molar-refractivity contribution in [2.24, 2.45) is 0 Å². The molecule has 24 heavy (non-hydrogen) atoms. The molecule has 1 aliphatic heterocycles. The fourth-order valence-electron chi connectivity index (χ4n) is 3.51. The summed E-state index contributed by atoms with van der Waals surface area (Å²) >= 11 is 0. The average Bonchev–Trinajstić information content (AvgIpc) is 2.94. The first kappa shape index (κ1) is 14.5. The number of nitrogen functional groups attached to an aromatic ring is 1. The van der Waals surface area contributed by atoms with E-state index in [2.05, 4.69) is 33.9 Å². The molecule has 4 rings (SSSR count). The minimum Gasteiger partial charge on any atom is -0.378 e. The highest BCUT2D eigenvalue weighted by Gasteiger charge is 2.28. The van der Waals surface area contributed by atoms with Crippen LogP contribution in [0.25, 0.3) is 10.9 Å². The molecule has 1 unspecified atom stereocenters. The number of aromatic amines is 1. The second-order valence-corrected chi connectivity index (χ2v) is 6.01. The summed E-state index contributed by atoms with van der Waals surface area (Å²) < 4.78 is 0. The standard InChI is InChI=1S/C17H17N5O2/c1-10-16-12(11-4-2-3-5-13(11)19-16)8-9-21(10)15-7-6-14(22(23)24)17(18)20-15/h2-7,10,19H,8-9H2,1H3,(H2,18,20). The number of hydrogen-bond donors (Lipinski definition) is 2. The Hall–Kier alpha value is -3.09. The van der Waals surface area contributed by atoms with Gasteiger partial charge >= 0.3 is 5.69 Å². The lowest BCUT2D eigenvalue weighted by Gasteiger charge is -2.34. The zero-order chi connectivity index (χ0) is 16.8. The Labute approximate surface area is 138 Å². The molecule has 0 amide bonds. The number of nitrogens with two attached hydrogens (primary N) is 1. The van der Waals surface area contributed by atoms with Gasteiger partial charge in [0.05, 0.1) is 11.0 Å². The number of rotatable bonds is 2. The predicted octanol–water partition coefficient (Wildman–Crippen LogP) is 3.18. The molecule has 0 radical (unpaired) electrons. The minimum atomic E-state index is -0.512. The topological polar surface area (TPSA) is 101 Å². The molecule has 0 saturated carbocycles. The highest BCUT2D eigenvalue weighted by molar-refractivity contribution is 5.85. The number of pyridine rings is 1. The van der Waals surface area contributed by atoms with Crippen LogP contribution in [0.5, 0.6) is 0 Å². The summed E-state index contributed by atoms with van der Waals surface area (Å²) in [4.78, 5) is 20.3. The first-order valence-corrected chi connectivity index (χ1v) is 7.83. The van der Waals surface area contributed by atoms with Crippen molar-refractivity contribution in [3.05, 3.63) is 57.8 Å². The van der Waals surface area contributed by atoms with Gasteiger partial charge in [-0.05, 0) is 31.0 Å². The van der Waals surface area contributed by atoms with Gasteiger partial charge in [0.25, 0.3) is 0 Å². The summed E-state index contributed by atoms with van der Waals surface area (Å²) in [5, 5.41) is 12.2. The molecule has 3 heterocycles. The predicted molar refractivity (Wildman–Crippen MR) is 93.1 cm³/mol. The van der Waals surface area contributed by atoms with Crippen LogP contribution in [-0.2, 0) is 6.42 Å². The smallest absolute Gasteiger partial charge is 0.311 e. The van der Waals surface area contributed by atoms with E-state index in [0.717, 1.165) is 18.5 Å². The summed E-state index contributed by atoms with van der Waals surface area (Å²) in [6.45, 7) is 2.90. The van der Waals surface area contributed by atoms with Crippen LogP contribution in [0.2, 0.25) is 0 Å². The Morgan fingerprint density at radius 3 is 2.88 bits per heavy atom. The van der Waals surface area contributed by atoms with Crippen molar-refractivity contribution >= 4 is 28.2 Å². The van der Waals surface area contributed by atoms with E-state index in [-0.39, 0.29) is 17.5 Å². The van der Waals surface area contributed by atoms with Gasteiger partial charge in [0.1, 0.15) is 5.82 Å². The van der Waals surface area contributed by atoms with E-state index in [0.29, 0.717) is 5.82 Å². The molecule has 0 bridgehead atoms. The van der Waals surface area contributed by atoms with E-state index in [1.165, 1.54) is 22.7 Å². The van der Waals surface area contributed by atoms with E-state index in [4.69, 9.17) is 5.73 Å². The van der Waals surface area contributed by atoms with E-state index in [9.17, 15) is 10.1 Å². The lowest BCUT2D eigenvalue weighted by molar-refractivity contribution is -0.384. The van der Waals surface area contributed by atoms with Crippen LogP contribution < -0.4 is 10.6 Å². The van der Waals surface area contributed by atoms with Crippen LogP contribution in [0.4, 0.5) is 17.3 Å². The van der Waals surface area contributed by atoms with Crippen LogP contribution in [0.3, 0.4) is 0 Å². The van der Waals surface area contributed by atoms with Crippen LogP contribution >= 0.6 is 0 Å². The zero-order valence-electron chi connectivity index (χ0n) is 13.2. The number of anilines is 2. The fourth-order valence-corrected chi connectivity index (χ4v) is 3.51. The third-order valence-corrected chi connectivity index (χ3v) is 4.71. The number of benzene rings is 1. The number of aromatic nitrogens is 2. The van der Waals surface area contributed by atoms with Gasteiger partial charge in [-0.1, -0.05) is 18.2 Å². The molecule has 7 nitrogen and oxygen atoms in total. The molecule has 3 N–H and O–H groups in total. The number of fused-ring (bicyclic) bond motifs is 3. The molecule has 0 saturated heterocycles. The molecule has 0 spiro atoms. The molecule has 0 aliphatic carbocycles. The van der Waals surface area contributed by atoms with Crippen LogP contribution in [-0.4, -0.2) is 21.4 Å². The summed E-state index contributed by atoms with van der Waals surface area (Å²) in [6.07, 6.45) is 0.891. The maximum atomic E-state index is 10.9. The second kappa shape index (κ2) is 5.23. The molecule has 0 fully saturated rings. The number of nitro groups is 1. The second-order valence-electron chi connectivity index (χ2n) is 6.01. The number of nitrogens with one attached hydrogen (secondary N) is 1. The van der Waals surface area contributed by atoms with Crippen LogP contribution in [0.15, 0.2) is 36.4 Å². The van der Waals surface area contributed by atoms with Gasteiger partial charge in [-0.2, -0.15) is 0 Å². The Bertz CT molecular complexity index is 949. The fraction of sp³-hybridized carbons (Fsp3) is 0.235. The van der Waals surface area contributed by atoms with Crippen molar-refractivity contribution in [1.29, 1.82) is 0 Å². The van der Waals surface area contributed by atoms with Gasteiger partial charge in [-0.25, -0.2) is 4.98 Å². The summed E-state index contributed by atoms with van der Waals surface area (Å²) in [5.41, 5.74) is 9.22. The lowest BCUT2D eigenvalue weighted by atomic mass is 9.98. The quantitative estimate of drug-likeness (QED) is 0.557. The van der Waals surface area contributed by atoms with E-state index in [1.54, 1.807) is 6.07 Å². The van der Waals surface area contributed by atoms with Crippen LogP contribution in [0.1, 0.15) is 24.2 Å². The van der Waals surface area contributed by atoms with Gasteiger partial charge in [-0.3, -0.25) is 10.1 Å². The van der Waals surface area contributed by atoms with Gasteiger partial charge in [0.15, 0.2) is 0 Å². The third-order valence-electron chi connectivity index (χ3n) is 4.71. The lowest BCUT2D eigenvalue weighted by Crippen LogP contribution is -2.34. The Morgan fingerprint density at radius 1 is 1.33 bits per heavy atom. The zero-order valence-corrected chi connectivity index (χ0v) is 13.2. The molecular weight excluding hydrogens is 306 g/mol.